The molecule has 1 aliphatic heterocycles. The molecule has 1 fully saturated rings. The largest absolute Gasteiger partial charge is 0.334 e. The van der Waals surface area contributed by atoms with Crippen LogP contribution in [0.2, 0.25) is 0 Å². The standard InChI is InChI=1S/C25H30F2N4O3S/c1-25(2,3)19-10-8-17(9-11-19)20-15-31(12-13-35-20)24(34)28-14-16-4-6-18(7-5-16)22(32)29-30-23(33)21(26)27/h4-11,20-21H,12-15H2,1-3H3,(H,28,34)(H,29,32)(H,30,33). The van der Waals surface area contributed by atoms with Crippen LogP contribution in [0.15, 0.2) is 48.5 Å². The van der Waals surface area contributed by atoms with Crippen LogP contribution in [-0.2, 0) is 16.8 Å². The van der Waals surface area contributed by atoms with Gasteiger partial charge in [0.15, 0.2) is 0 Å². The second-order valence-corrected chi connectivity index (χ2v) is 10.6. The van der Waals surface area contributed by atoms with Crippen LogP contribution in [0.25, 0.3) is 0 Å². The molecule has 0 aromatic heterocycles. The molecule has 0 radical (unpaired) electrons. The Kier molecular flexibility index (Phi) is 8.71. The summed E-state index contributed by atoms with van der Waals surface area (Å²) in [5, 5.41) is 3.12. The molecule has 0 spiro atoms. The smallest absolute Gasteiger partial charge is 0.317 e. The zero-order valence-corrected chi connectivity index (χ0v) is 20.8. The van der Waals surface area contributed by atoms with Crippen LogP contribution in [0.5, 0.6) is 0 Å². The summed E-state index contributed by atoms with van der Waals surface area (Å²) in [6, 6.07) is 14.7. The van der Waals surface area contributed by atoms with Gasteiger partial charge < -0.3 is 10.2 Å². The highest BCUT2D eigenvalue weighted by molar-refractivity contribution is 7.99. The number of carbonyl (C=O) groups is 3. The Morgan fingerprint density at radius 2 is 1.69 bits per heavy atom. The highest BCUT2D eigenvalue weighted by Gasteiger charge is 2.25. The maximum atomic E-state index is 12.8. The van der Waals surface area contributed by atoms with Gasteiger partial charge in [0.2, 0.25) is 0 Å². The lowest BCUT2D eigenvalue weighted by Crippen LogP contribution is -2.45. The lowest BCUT2D eigenvalue weighted by Gasteiger charge is -2.33. The molecule has 1 saturated heterocycles. The van der Waals surface area contributed by atoms with Crippen LogP contribution in [0.4, 0.5) is 13.6 Å². The Bertz CT molecular complexity index is 1040. The van der Waals surface area contributed by atoms with Gasteiger partial charge in [0.1, 0.15) is 0 Å². The van der Waals surface area contributed by atoms with Crippen molar-refractivity contribution in [1.29, 1.82) is 0 Å². The minimum absolute atomic E-state index is 0.0937. The number of urea groups is 1. The van der Waals surface area contributed by atoms with E-state index >= 15 is 0 Å². The lowest BCUT2D eigenvalue weighted by atomic mass is 9.86. The van der Waals surface area contributed by atoms with Gasteiger partial charge in [-0.25, -0.2) is 4.79 Å². The van der Waals surface area contributed by atoms with E-state index < -0.39 is 18.2 Å². The molecule has 188 valence electrons. The van der Waals surface area contributed by atoms with E-state index in [1.807, 2.05) is 22.1 Å². The van der Waals surface area contributed by atoms with Gasteiger partial charge in [-0.05, 0) is 34.2 Å². The van der Waals surface area contributed by atoms with Crippen molar-refractivity contribution < 1.29 is 23.2 Å². The van der Waals surface area contributed by atoms with Gasteiger partial charge in [-0.2, -0.15) is 20.5 Å². The fraction of sp³-hybridized carbons (Fsp3) is 0.400. The predicted molar refractivity (Wildman–Crippen MR) is 132 cm³/mol. The number of rotatable bonds is 5. The summed E-state index contributed by atoms with van der Waals surface area (Å²) < 4.78 is 24.4. The number of thioether (sulfide) groups is 1. The third-order valence-corrected chi connectivity index (χ3v) is 6.90. The average Bonchev–Trinajstić information content (AvgIpc) is 2.85. The number of nitrogens with one attached hydrogen (secondary N) is 3. The highest BCUT2D eigenvalue weighted by Crippen LogP contribution is 2.34. The van der Waals surface area contributed by atoms with E-state index in [1.54, 1.807) is 17.6 Å². The molecule has 35 heavy (non-hydrogen) atoms. The van der Waals surface area contributed by atoms with Gasteiger partial charge in [0.25, 0.3) is 5.91 Å². The van der Waals surface area contributed by atoms with Gasteiger partial charge in [-0.3, -0.25) is 20.4 Å². The van der Waals surface area contributed by atoms with Crippen molar-refractivity contribution >= 4 is 29.6 Å². The second-order valence-electron chi connectivity index (χ2n) is 9.28. The molecule has 4 amide bonds. The normalized spacial score (nSPS) is 16.1. The van der Waals surface area contributed by atoms with E-state index in [1.165, 1.54) is 23.3 Å². The molecule has 1 aliphatic rings. The molecule has 7 nitrogen and oxygen atoms in total. The van der Waals surface area contributed by atoms with Gasteiger partial charge in [0, 0.05) is 36.2 Å². The van der Waals surface area contributed by atoms with Crippen molar-refractivity contribution in [3.63, 3.8) is 0 Å². The molecule has 0 saturated carbocycles. The minimum Gasteiger partial charge on any atom is -0.334 e. The van der Waals surface area contributed by atoms with Crippen molar-refractivity contribution in [2.24, 2.45) is 0 Å². The molecule has 0 bridgehead atoms. The first kappa shape index (κ1) is 26.5. The van der Waals surface area contributed by atoms with Crippen LogP contribution in [0.1, 0.15) is 53.1 Å². The first-order valence-corrected chi connectivity index (χ1v) is 12.3. The zero-order chi connectivity index (χ0) is 25.6. The van der Waals surface area contributed by atoms with Gasteiger partial charge >= 0.3 is 18.4 Å². The number of nitrogens with zero attached hydrogens (tertiary/aromatic N) is 1. The molecule has 2 aromatic carbocycles. The number of hydrogen-bond donors (Lipinski definition) is 3. The van der Waals surface area contributed by atoms with Crippen LogP contribution >= 0.6 is 11.8 Å². The number of alkyl halides is 2. The number of carbonyl (C=O) groups excluding carboxylic acids is 3. The van der Waals surface area contributed by atoms with E-state index in [9.17, 15) is 23.2 Å². The maximum absolute atomic E-state index is 12.8. The number of hydrazine groups is 1. The summed E-state index contributed by atoms with van der Waals surface area (Å²) >= 11 is 1.85. The van der Waals surface area contributed by atoms with Crippen molar-refractivity contribution in [2.45, 2.75) is 44.4 Å². The molecule has 0 aliphatic carbocycles. The molecule has 1 unspecified atom stereocenters. The van der Waals surface area contributed by atoms with Crippen molar-refractivity contribution in [1.82, 2.24) is 21.1 Å². The third-order valence-electron chi connectivity index (χ3n) is 5.66. The van der Waals surface area contributed by atoms with E-state index in [0.29, 0.717) is 13.1 Å². The minimum atomic E-state index is -3.22. The molecule has 1 heterocycles. The second kappa shape index (κ2) is 11.5. The zero-order valence-electron chi connectivity index (χ0n) is 19.9. The van der Waals surface area contributed by atoms with Gasteiger partial charge in [-0.1, -0.05) is 57.2 Å². The number of halogens is 2. The number of amides is 4. The van der Waals surface area contributed by atoms with Crippen molar-refractivity contribution in [3.8, 4) is 0 Å². The quantitative estimate of drug-likeness (QED) is 0.537. The third kappa shape index (κ3) is 7.42. The molecular weight excluding hydrogens is 474 g/mol. The SMILES string of the molecule is CC(C)(C)c1ccc(C2CN(C(=O)NCc3ccc(C(=O)NNC(=O)C(F)F)cc3)CCS2)cc1. The molecule has 3 N–H and O–H groups in total. The summed E-state index contributed by atoms with van der Waals surface area (Å²) in [4.78, 5) is 37.3. The van der Waals surface area contributed by atoms with Gasteiger partial charge in [-0.15, -0.1) is 0 Å². The van der Waals surface area contributed by atoms with Crippen LogP contribution in [0.3, 0.4) is 0 Å². The number of hydrogen-bond acceptors (Lipinski definition) is 4. The van der Waals surface area contributed by atoms with Crippen LogP contribution in [-0.4, -0.2) is 48.0 Å². The van der Waals surface area contributed by atoms with E-state index in [4.69, 9.17) is 0 Å². The van der Waals surface area contributed by atoms with Crippen molar-refractivity contribution in [2.75, 3.05) is 18.8 Å². The summed E-state index contributed by atoms with van der Waals surface area (Å²) in [6.07, 6.45) is -3.22. The van der Waals surface area contributed by atoms with E-state index in [2.05, 4.69) is 50.4 Å². The van der Waals surface area contributed by atoms with Crippen LogP contribution in [0, 0.1) is 0 Å². The average molecular weight is 505 g/mol. The molecule has 10 heteroatoms. The Morgan fingerprint density at radius 3 is 2.29 bits per heavy atom. The summed E-state index contributed by atoms with van der Waals surface area (Å²) in [6.45, 7) is 8.11. The Balaban J connectivity index is 1.50. The number of benzene rings is 2. The molecule has 1 atom stereocenters. The summed E-state index contributed by atoms with van der Waals surface area (Å²) in [5.74, 6) is -1.45. The monoisotopic (exact) mass is 504 g/mol. The first-order valence-electron chi connectivity index (χ1n) is 11.3. The fourth-order valence-electron chi connectivity index (χ4n) is 3.54. The lowest BCUT2D eigenvalue weighted by molar-refractivity contribution is -0.132. The highest BCUT2D eigenvalue weighted by atomic mass is 32.2. The van der Waals surface area contributed by atoms with E-state index in [-0.39, 0.29) is 28.8 Å². The Hall–Kier alpha value is -3.14. The Morgan fingerprint density at radius 1 is 1.03 bits per heavy atom. The van der Waals surface area contributed by atoms with Crippen LogP contribution < -0.4 is 16.2 Å². The molecule has 3 rings (SSSR count). The molecular formula is C25H30F2N4O3S. The summed E-state index contributed by atoms with van der Waals surface area (Å²) in [5.41, 5.74) is 7.10. The molecule has 2 aromatic rings. The fourth-order valence-corrected chi connectivity index (χ4v) is 4.79. The van der Waals surface area contributed by atoms with Gasteiger partial charge in [0.05, 0.1) is 0 Å². The van der Waals surface area contributed by atoms with E-state index in [0.717, 1.165) is 11.3 Å². The first-order chi connectivity index (χ1) is 16.5. The topological polar surface area (TPSA) is 90.5 Å². The maximum Gasteiger partial charge on any atom is 0.317 e. The Labute approximate surface area is 208 Å². The van der Waals surface area contributed by atoms with Crippen molar-refractivity contribution in [3.05, 3.63) is 70.8 Å². The predicted octanol–water partition coefficient (Wildman–Crippen LogP) is 4.01. The summed E-state index contributed by atoms with van der Waals surface area (Å²) in [7, 11) is 0.